The highest BCUT2D eigenvalue weighted by molar-refractivity contribution is 6.04. The molecule has 0 amide bonds. The van der Waals surface area contributed by atoms with E-state index >= 15 is 0 Å². The molecule has 15 heteroatoms. The molecule has 4 fully saturated rings. The van der Waals surface area contributed by atoms with Crippen molar-refractivity contribution < 1.29 is 67.0 Å². The summed E-state index contributed by atoms with van der Waals surface area (Å²) in [4.78, 5) is 11.2. The van der Waals surface area contributed by atoms with Gasteiger partial charge in [0.2, 0.25) is 5.78 Å². The Morgan fingerprint density at radius 1 is 0.520 bits per heavy atom. The zero-order valence-electron chi connectivity index (χ0n) is 10.8. The Hall–Kier alpha value is -1.28. The summed E-state index contributed by atoms with van der Waals surface area (Å²) >= 11 is 0. The molecule has 0 heterocycles. The van der Waals surface area contributed by atoms with Gasteiger partial charge in [-0.05, 0) is 0 Å². The number of ketones is 1. The SMILES string of the molecule is O=C1C2(F)C(F)(F)C3(O)C(F)(F)C1(F)C(F)(F)C(F)(C2(F)F)C3(F)F. The molecule has 4 aliphatic rings. The molecule has 2 atom stereocenters. The lowest BCUT2D eigenvalue weighted by Gasteiger charge is -2.71. The minimum Gasteiger partial charge on any atom is -0.373 e. The molecule has 4 saturated carbocycles. The Kier molecular flexibility index (Phi) is 2.56. The van der Waals surface area contributed by atoms with E-state index in [9.17, 15) is 61.9 Å². The van der Waals surface area contributed by atoms with Crippen LogP contribution in [0.3, 0.4) is 0 Å². The lowest BCUT2D eigenvalue weighted by Crippen LogP contribution is -3.07. The van der Waals surface area contributed by atoms with Gasteiger partial charge in [-0.25, -0.2) is 13.2 Å². The highest BCUT2D eigenvalue weighted by atomic mass is 19.3. The van der Waals surface area contributed by atoms with Crippen molar-refractivity contribution >= 4 is 5.78 Å². The van der Waals surface area contributed by atoms with Gasteiger partial charge in [0.25, 0.3) is 5.60 Å². The molecule has 144 valence electrons. The van der Waals surface area contributed by atoms with E-state index in [1.165, 1.54) is 0 Å². The van der Waals surface area contributed by atoms with Gasteiger partial charge in [-0.15, -0.1) is 0 Å². The van der Waals surface area contributed by atoms with E-state index in [-0.39, 0.29) is 0 Å². The molecule has 0 aliphatic heterocycles. The van der Waals surface area contributed by atoms with Gasteiger partial charge in [0.15, 0.2) is 0 Å². The van der Waals surface area contributed by atoms with Gasteiger partial charge in [0, 0.05) is 0 Å². The fourth-order valence-corrected chi connectivity index (χ4v) is 3.61. The number of carbonyl (C=O) groups excluding carboxylic acids is 1. The van der Waals surface area contributed by atoms with Crippen LogP contribution in [-0.4, -0.2) is 63.1 Å². The third kappa shape index (κ3) is 0.962. The van der Waals surface area contributed by atoms with E-state index in [1.807, 2.05) is 0 Å². The zero-order valence-corrected chi connectivity index (χ0v) is 10.8. The van der Waals surface area contributed by atoms with Crippen LogP contribution in [0.15, 0.2) is 0 Å². The van der Waals surface area contributed by atoms with Gasteiger partial charge in [0.05, 0.1) is 0 Å². The summed E-state index contributed by atoms with van der Waals surface area (Å²) in [6, 6.07) is 0. The number of hydrogen-bond donors (Lipinski definition) is 1. The molecule has 0 radical (unpaired) electrons. The average Bonchev–Trinajstić information content (AvgIpc) is 2.45. The molecule has 4 rings (SSSR count). The Balaban J connectivity index is 2.67. The number of rotatable bonds is 0. The molecule has 4 bridgehead atoms. The number of carbonyl (C=O) groups is 1. The maximum atomic E-state index is 14.1. The van der Waals surface area contributed by atoms with Crippen LogP contribution in [0.1, 0.15) is 0 Å². The van der Waals surface area contributed by atoms with Gasteiger partial charge in [-0.1, -0.05) is 0 Å². The quantitative estimate of drug-likeness (QED) is 0.636. The summed E-state index contributed by atoms with van der Waals surface area (Å²) in [5.41, 5.74) is -28.3. The number of Topliss-reactive ketones (excluding diaryl/α,β-unsaturated/α-hetero) is 1. The Bertz CT molecular complexity index is 622. The van der Waals surface area contributed by atoms with Gasteiger partial charge in [-0.3, -0.25) is 4.79 Å². The van der Waals surface area contributed by atoms with Crippen molar-refractivity contribution in [2.45, 2.75) is 52.2 Å². The van der Waals surface area contributed by atoms with E-state index in [0.717, 1.165) is 0 Å². The van der Waals surface area contributed by atoms with E-state index in [0.29, 0.717) is 0 Å². The zero-order chi connectivity index (χ0) is 20.1. The maximum Gasteiger partial charge on any atom is 0.340 e. The van der Waals surface area contributed by atoms with Crippen molar-refractivity contribution in [1.29, 1.82) is 0 Å². The fraction of sp³-hybridized carbons (Fsp3) is 0.900. The lowest BCUT2D eigenvalue weighted by molar-refractivity contribution is -0.555. The van der Waals surface area contributed by atoms with Crippen LogP contribution in [0.25, 0.3) is 0 Å². The molecule has 4 aliphatic carbocycles. The number of halogens is 13. The molecule has 25 heavy (non-hydrogen) atoms. The minimum atomic E-state index is -7.49. The first-order valence-electron chi connectivity index (χ1n) is 5.88. The van der Waals surface area contributed by atoms with Crippen LogP contribution in [0.5, 0.6) is 0 Å². The monoisotopic (exact) mass is 400 g/mol. The third-order valence-corrected chi connectivity index (χ3v) is 5.02. The molecule has 0 aromatic rings. The van der Waals surface area contributed by atoms with Crippen LogP contribution in [-0.2, 0) is 4.79 Å². The molecule has 0 saturated heterocycles. The Labute approximate surface area is 126 Å². The summed E-state index contributed by atoms with van der Waals surface area (Å²) < 4.78 is 179. The first-order chi connectivity index (χ1) is 10.7. The molecule has 2 nitrogen and oxygen atoms in total. The third-order valence-electron chi connectivity index (χ3n) is 5.02. The topological polar surface area (TPSA) is 37.3 Å². The van der Waals surface area contributed by atoms with Crippen LogP contribution in [0, 0.1) is 0 Å². The molecule has 0 aromatic heterocycles. The second-order valence-electron chi connectivity index (χ2n) is 5.89. The summed E-state index contributed by atoms with van der Waals surface area (Å²) in [7, 11) is 0. The van der Waals surface area contributed by atoms with Gasteiger partial charge in [-0.2, -0.15) is 43.9 Å². The van der Waals surface area contributed by atoms with E-state index < -0.39 is 58.0 Å². The smallest absolute Gasteiger partial charge is 0.340 e. The molecule has 0 aromatic carbocycles. The van der Waals surface area contributed by atoms with Crippen molar-refractivity contribution in [2.75, 3.05) is 0 Å². The second-order valence-corrected chi connectivity index (χ2v) is 5.89. The Morgan fingerprint density at radius 3 is 1.08 bits per heavy atom. The lowest BCUT2D eigenvalue weighted by atomic mass is 9.41. The van der Waals surface area contributed by atoms with E-state index in [2.05, 4.69) is 0 Å². The van der Waals surface area contributed by atoms with Crippen LogP contribution < -0.4 is 0 Å². The number of aliphatic hydroxyl groups is 1. The summed E-state index contributed by atoms with van der Waals surface area (Å²) in [6.07, 6.45) is 0. The predicted octanol–water partition coefficient (Wildman–Crippen LogP) is 2.63. The van der Waals surface area contributed by atoms with Crippen LogP contribution >= 0.6 is 0 Å². The summed E-state index contributed by atoms with van der Waals surface area (Å²) in [5.74, 6) is -41.4. The van der Waals surface area contributed by atoms with E-state index in [1.54, 1.807) is 0 Å². The van der Waals surface area contributed by atoms with Crippen molar-refractivity contribution in [3.63, 3.8) is 0 Å². The first-order valence-corrected chi connectivity index (χ1v) is 5.88. The fourth-order valence-electron chi connectivity index (χ4n) is 3.61. The van der Waals surface area contributed by atoms with Crippen molar-refractivity contribution in [3.8, 4) is 0 Å². The minimum absolute atomic E-state index is 4.56. The number of alkyl halides is 13. The summed E-state index contributed by atoms with van der Waals surface area (Å²) in [5, 5.41) is 8.97. The highest BCUT2D eigenvalue weighted by Crippen LogP contribution is 2.83. The average molecular weight is 400 g/mol. The molecule has 0 spiro atoms. The number of hydrogen-bond acceptors (Lipinski definition) is 2. The highest BCUT2D eigenvalue weighted by Gasteiger charge is 3.19. The molecular formula is C10HF13O2. The van der Waals surface area contributed by atoms with Gasteiger partial charge >= 0.3 is 46.6 Å². The van der Waals surface area contributed by atoms with Gasteiger partial charge in [0.1, 0.15) is 0 Å². The Morgan fingerprint density at radius 2 is 0.800 bits per heavy atom. The molecule has 1 N–H and O–H groups in total. The predicted molar refractivity (Wildman–Crippen MR) is 46.2 cm³/mol. The van der Waals surface area contributed by atoms with Crippen LogP contribution in [0.4, 0.5) is 57.1 Å². The summed E-state index contributed by atoms with van der Waals surface area (Å²) in [6.45, 7) is 0. The first kappa shape index (κ1) is 18.5. The molecule has 2 unspecified atom stereocenters. The molecular weight excluding hydrogens is 399 g/mol. The normalized spacial score (nSPS) is 53.1. The largest absolute Gasteiger partial charge is 0.373 e. The van der Waals surface area contributed by atoms with Crippen molar-refractivity contribution in [3.05, 3.63) is 0 Å². The standard InChI is InChI=1S/C10HF13O2/c11-2-1(24)3(12)7(16,17)4(13,6(2,14)15)10(22,23)5(25,8(2,18)19)9(3,20)21/h25H. The maximum absolute atomic E-state index is 14.1. The van der Waals surface area contributed by atoms with Gasteiger partial charge < -0.3 is 5.11 Å². The van der Waals surface area contributed by atoms with E-state index in [4.69, 9.17) is 5.11 Å². The van der Waals surface area contributed by atoms with Crippen molar-refractivity contribution in [1.82, 2.24) is 0 Å². The second kappa shape index (κ2) is 3.45. The van der Waals surface area contributed by atoms with Crippen molar-refractivity contribution in [2.24, 2.45) is 0 Å². The van der Waals surface area contributed by atoms with Crippen LogP contribution in [0.2, 0.25) is 0 Å².